The highest BCUT2D eigenvalue weighted by Gasteiger charge is 2.44. The van der Waals surface area contributed by atoms with Gasteiger partial charge < -0.3 is 40.7 Å². The Morgan fingerprint density at radius 1 is 0.936 bits per heavy atom. The van der Waals surface area contributed by atoms with Gasteiger partial charge in [0.25, 0.3) is 5.91 Å². The van der Waals surface area contributed by atoms with Gasteiger partial charge in [0.05, 0.1) is 47.1 Å². The fraction of sp³-hybridized carbons (Fsp3) is 0.439. The Morgan fingerprint density at radius 2 is 1.72 bits per heavy atom. The number of unbranched alkanes of at least 4 members (excludes halogenated alkanes) is 4. The molecule has 0 aliphatic carbocycles. The fourth-order valence-electron chi connectivity index (χ4n) is 9.09. The van der Waals surface area contributed by atoms with E-state index in [0.717, 1.165) is 77.4 Å². The number of aliphatic hydroxyl groups excluding tert-OH is 2. The summed E-state index contributed by atoms with van der Waals surface area (Å²) in [5.74, 6) is 0.167. The zero-order valence-corrected chi connectivity index (χ0v) is 46.1. The van der Waals surface area contributed by atoms with Crippen LogP contribution in [0.1, 0.15) is 111 Å². The summed E-state index contributed by atoms with van der Waals surface area (Å²) in [6.45, 7) is 9.89. The molecule has 4 heterocycles. The molecule has 1 aliphatic heterocycles. The number of amidine groups is 2. The van der Waals surface area contributed by atoms with Gasteiger partial charge in [0.2, 0.25) is 11.8 Å². The minimum absolute atomic E-state index is 0.0668. The zero-order chi connectivity index (χ0) is 55.6. The lowest BCUT2D eigenvalue weighted by Gasteiger charge is -2.37. The van der Waals surface area contributed by atoms with E-state index in [-0.39, 0.29) is 55.3 Å². The van der Waals surface area contributed by atoms with Crippen LogP contribution in [-0.4, -0.2) is 131 Å². The van der Waals surface area contributed by atoms with Crippen molar-refractivity contribution in [1.29, 1.82) is 10.8 Å². The number of nitrogens with one attached hydrogen (secondary N) is 6. The third kappa shape index (κ3) is 17.0. The summed E-state index contributed by atoms with van der Waals surface area (Å²) in [6.07, 6.45) is 9.41. The van der Waals surface area contributed by atoms with Crippen molar-refractivity contribution in [3.05, 3.63) is 137 Å². The number of hydrogen-bond acceptors (Lipinski definition) is 16. The molecular weight excluding hydrogens is 1010 g/mol. The Bertz CT molecular complexity index is 2930. The molecule has 0 radical (unpaired) electrons. The third-order valence-corrected chi connectivity index (χ3v) is 14.6. The van der Waals surface area contributed by atoms with E-state index in [2.05, 4.69) is 46.5 Å². The molecule has 3 aromatic heterocycles. The quantitative estimate of drug-likeness (QED) is 0.0115. The molecule has 6 aromatic rings. The van der Waals surface area contributed by atoms with E-state index in [1.54, 1.807) is 48.8 Å². The van der Waals surface area contributed by atoms with Gasteiger partial charge >= 0.3 is 0 Å². The molecule has 3 amide bonds. The molecule has 0 bridgehead atoms. The van der Waals surface area contributed by atoms with Crippen molar-refractivity contribution in [3.8, 4) is 16.2 Å². The molecule has 1 fully saturated rings. The predicted molar refractivity (Wildman–Crippen MR) is 301 cm³/mol. The minimum atomic E-state index is -1.09. The van der Waals surface area contributed by atoms with Crippen molar-refractivity contribution in [2.45, 2.75) is 130 Å². The summed E-state index contributed by atoms with van der Waals surface area (Å²) in [5.41, 5.74) is 7.49. The maximum absolute atomic E-state index is 14.1. The van der Waals surface area contributed by atoms with Gasteiger partial charge in [-0.2, -0.15) is 0 Å². The number of ether oxygens (including phenoxy) is 1. The largest absolute Gasteiger partial charge is 0.494 e. The average Bonchev–Trinajstić information content (AvgIpc) is 4.22. The number of nitrogens with zero attached hydrogens (tertiary/aromatic N) is 8. The molecular formula is C57H74N14O6S. The van der Waals surface area contributed by atoms with Crippen molar-refractivity contribution in [2.24, 2.45) is 5.41 Å². The highest BCUT2D eigenvalue weighted by atomic mass is 32.1. The Kier molecular flexibility index (Phi) is 21.1. The van der Waals surface area contributed by atoms with E-state index in [0.29, 0.717) is 49.5 Å². The van der Waals surface area contributed by atoms with Gasteiger partial charge in [-0.3, -0.25) is 35.2 Å². The number of likely N-dealkylation sites (tertiary alicyclic amines) is 1. The number of thiazole rings is 1. The number of aliphatic hydroxyl groups is 2. The summed E-state index contributed by atoms with van der Waals surface area (Å²) in [4.78, 5) is 56.9. The Labute approximate surface area is 460 Å². The number of aromatic nitrogens is 6. The van der Waals surface area contributed by atoms with E-state index in [4.69, 9.17) is 15.6 Å². The van der Waals surface area contributed by atoms with E-state index in [9.17, 15) is 24.6 Å². The molecule has 1 aliphatic rings. The second-order valence-corrected chi connectivity index (χ2v) is 21.6. The van der Waals surface area contributed by atoms with Crippen LogP contribution >= 0.6 is 11.3 Å². The Morgan fingerprint density at radius 3 is 2.47 bits per heavy atom. The highest BCUT2D eigenvalue weighted by Crippen LogP contribution is 2.29. The SMILES string of the molecule is Cc1ncsc1-c1ccc(CNC(O)[C@@H]2C[C@@H](O)CN2C(=O)[C@@H](NC(=O)CCCc2cn(CCCCCCCOc3cccc(CNC(=O)c4cccc(NCC(=N)N(C)C(=N)c5ccncn5)c4)c3)nn2)C(C)(C)C)cc1. The number of hydrogen-bond donors (Lipinski definition) is 8. The zero-order valence-electron chi connectivity index (χ0n) is 45.2. The first kappa shape index (κ1) is 58.2. The fourth-order valence-corrected chi connectivity index (χ4v) is 9.90. The molecule has 20 nitrogen and oxygen atoms in total. The first-order valence-corrected chi connectivity index (χ1v) is 27.5. The Balaban J connectivity index is 0.744. The summed E-state index contributed by atoms with van der Waals surface area (Å²) in [7, 11) is 1.63. The van der Waals surface area contributed by atoms with Crippen LogP contribution in [0.2, 0.25) is 0 Å². The van der Waals surface area contributed by atoms with Gasteiger partial charge in [-0.25, -0.2) is 15.0 Å². The second kappa shape index (κ2) is 28.2. The number of benzene rings is 3. The van der Waals surface area contributed by atoms with Gasteiger partial charge in [0, 0.05) is 63.3 Å². The van der Waals surface area contributed by atoms with Crippen molar-refractivity contribution in [1.82, 2.24) is 55.7 Å². The Hall–Kier alpha value is -7.46. The van der Waals surface area contributed by atoms with Gasteiger partial charge in [-0.05, 0) is 97.5 Å². The topological polar surface area (TPSA) is 273 Å². The monoisotopic (exact) mass is 1080 g/mol. The van der Waals surface area contributed by atoms with Crippen LogP contribution in [0, 0.1) is 23.2 Å². The molecule has 7 rings (SSSR count). The summed E-state index contributed by atoms with van der Waals surface area (Å²) < 4.78 is 7.89. The molecule has 3 aromatic carbocycles. The summed E-state index contributed by atoms with van der Waals surface area (Å²) in [6, 6.07) is 22.9. The molecule has 414 valence electrons. The summed E-state index contributed by atoms with van der Waals surface area (Å²) >= 11 is 1.59. The molecule has 21 heteroatoms. The van der Waals surface area contributed by atoms with Crippen molar-refractivity contribution < 1.29 is 29.3 Å². The molecule has 8 N–H and O–H groups in total. The van der Waals surface area contributed by atoms with Crippen LogP contribution in [0.4, 0.5) is 5.69 Å². The molecule has 0 saturated carbocycles. The second-order valence-electron chi connectivity index (χ2n) is 20.8. The van der Waals surface area contributed by atoms with Gasteiger partial charge in [-0.1, -0.05) is 87.7 Å². The van der Waals surface area contributed by atoms with Crippen molar-refractivity contribution in [2.75, 3.05) is 32.1 Å². The summed E-state index contributed by atoms with van der Waals surface area (Å²) in [5, 5.41) is 59.6. The van der Waals surface area contributed by atoms with E-state index < -0.39 is 29.8 Å². The minimum Gasteiger partial charge on any atom is -0.494 e. The van der Waals surface area contributed by atoms with Gasteiger partial charge in [-0.15, -0.1) is 16.4 Å². The van der Waals surface area contributed by atoms with Gasteiger partial charge in [0.15, 0.2) is 5.84 Å². The smallest absolute Gasteiger partial charge is 0.251 e. The van der Waals surface area contributed by atoms with Gasteiger partial charge in [0.1, 0.15) is 35.9 Å². The normalized spacial score (nSPS) is 15.1. The first-order valence-electron chi connectivity index (χ1n) is 26.6. The van der Waals surface area contributed by atoms with Crippen molar-refractivity contribution >= 4 is 46.4 Å². The number of aryl methyl sites for hydroxylation is 3. The maximum Gasteiger partial charge on any atom is 0.251 e. The number of amides is 3. The lowest BCUT2D eigenvalue weighted by Crippen LogP contribution is -2.58. The first-order chi connectivity index (χ1) is 37.5. The lowest BCUT2D eigenvalue weighted by molar-refractivity contribution is -0.142. The number of anilines is 1. The molecule has 1 unspecified atom stereocenters. The van der Waals surface area contributed by atoms with Crippen LogP contribution < -0.4 is 26.0 Å². The number of β-amino-alcohol motifs (C(OH)–C–C–N with tert-alkyl or cyclic N) is 1. The van der Waals surface area contributed by atoms with E-state index in [1.807, 2.05) is 98.7 Å². The van der Waals surface area contributed by atoms with Crippen LogP contribution in [0.25, 0.3) is 10.4 Å². The van der Waals surface area contributed by atoms with Crippen LogP contribution in [0.3, 0.4) is 0 Å². The number of rotatable bonds is 27. The molecule has 4 atom stereocenters. The average molecular weight is 1080 g/mol. The third-order valence-electron chi connectivity index (χ3n) is 13.6. The molecule has 0 spiro atoms. The van der Waals surface area contributed by atoms with Crippen LogP contribution in [0.5, 0.6) is 5.75 Å². The molecule has 1 saturated heterocycles. The van der Waals surface area contributed by atoms with E-state index in [1.165, 1.54) is 16.1 Å². The highest BCUT2D eigenvalue weighted by molar-refractivity contribution is 7.13. The number of likely N-dealkylation sites (N-methyl/N-ethyl adjacent to an activating group) is 1. The molecule has 78 heavy (non-hydrogen) atoms. The van der Waals surface area contributed by atoms with Crippen LogP contribution in [-0.2, 0) is 35.6 Å². The standard InChI is InChI=1S/C57H74N14O6S/c1-38-51(78-37-65-38)41-22-20-39(21-23-41)31-63-55(75)48-30-45(72)35-71(48)56(76)52(57(2,3)4)66-50(73)19-13-17-44-34-70(68-67-44)26-9-7-6-8-10-27-77-46-18-11-14-40(28-46)32-62-54(74)42-15-12-16-43(29-42)61-33-49(58)69(5)53(59)47-24-25-60-36-64-47/h11-12,14-16,18,20-25,28-29,34,36-37,45,48,52,55,58-59,61,63,72,75H,6-10,13,17,19,26-27,30-33,35H2,1-5H3,(H,62,74)(H,66,73)/t45-,48+,52-,55?/m1/s1. The lowest BCUT2D eigenvalue weighted by atomic mass is 9.85. The van der Waals surface area contributed by atoms with Crippen molar-refractivity contribution in [3.63, 3.8) is 0 Å². The number of carbonyl (C=O) groups is 3. The van der Waals surface area contributed by atoms with Crippen LogP contribution in [0.15, 0.2) is 103 Å². The number of carbonyl (C=O) groups excluding carboxylic acids is 3. The van der Waals surface area contributed by atoms with E-state index >= 15 is 0 Å². The maximum atomic E-state index is 14.1. The predicted octanol–water partition coefficient (Wildman–Crippen LogP) is 6.73.